The lowest BCUT2D eigenvalue weighted by Gasteiger charge is -2.15. The molecule has 1 aromatic heterocycles. The van der Waals surface area contributed by atoms with E-state index in [0.717, 1.165) is 24.2 Å². The fourth-order valence-corrected chi connectivity index (χ4v) is 2.16. The largest absolute Gasteiger partial charge is 0.337 e. The Kier molecular flexibility index (Phi) is 2.40. The molecule has 0 radical (unpaired) electrons. The molecule has 0 saturated carbocycles. The van der Waals surface area contributed by atoms with Gasteiger partial charge in [0.15, 0.2) is 0 Å². The summed E-state index contributed by atoms with van der Waals surface area (Å²) in [6.07, 6.45) is 3.26. The molecular formula is C13H13N3O. The molecule has 4 nitrogen and oxygen atoms in total. The van der Waals surface area contributed by atoms with Crippen LogP contribution in [-0.4, -0.2) is 22.1 Å². The van der Waals surface area contributed by atoms with Crippen LogP contribution in [0.1, 0.15) is 17.0 Å². The first kappa shape index (κ1) is 10.1. The summed E-state index contributed by atoms with van der Waals surface area (Å²) in [6, 6.07) is 10.1. The van der Waals surface area contributed by atoms with Crippen molar-refractivity contribution >= 4 is 6.03 Å². The maximum atomic E-state index is 11.6. The Labute approximate surface area is 99.3 Å². The predicted molar refractivity (Wildman–Crippen MR) is 64.0 cm³/mol. The van der Waals surface area contributed by atoms with Gasteiger partial charge in [0.2, 0.25) is 0 Å². The number of benzene rings is 1. The molecular weight excluding hydrogens is 214 g/mol. The van der Waals surface area contributed by atoms with Crippen molar-refractivity contribution in [2.75, 3.05) is 6.54 Å². The molecule has 4 heteroatoms. The van der Waals surface area contributed by atoms with E-state index in [1.807, 2.05) is 18.2 Å². The SMILES string of the molecule is O=C1NCCc2c(Cc3ccccc3)ncn21. The van der Waals surface area contributed by atoms with Gasteiger partial charge in [-0.1, -0.05) is 30.3 Å². The summed E-state index contributed by atoms with van der Waals surface area (Å²) in [7, 11) is 0. The Morgan fingerprint density at radius 1 is 1.29 bits per heavy atom. The number of hydrogen-bond donors (Lipinski definition) is 1. The highest BCUT2D eigenvalue weighted by Crippen LogP contribution is 2.15. The van der Waals surface area contributed by atoms with Crippen molar-refractivity contribution in [3.8, 4) is 0 Å². The third kappa shape index (κ3) is 1.82. The number of fused-ring (bicyclic) bond motifs is 1. The van der Waals surface area contributed by atoms with Crippen LogP contribution in [0.4, 0.5) is 4.79 Å². The van der Waals surface area contributed by atoms with E-state index < -0.39 is 0 Å². The molecule has 0 bridgehead atoms. The third-order valence-electron chi connectivity index (χ3n) is 3.02. The molecule has 0 fully saturated rings. The highest BCUT2D eigenvalue weighted by molar-refractivity contribution is 5.78. The number of nitrogens with one attached hydrogen (secondary N) is 1. The molecule has 1 amide bonds. The highest BCUT2D eigenvalue weighted by atomic mass is 16.2. The molecule has 86 valence electrons. The van der Waals surface area contributed by atoms with Crippen LogP contribution in [0, 0.1) is 0 Å². The van der Waals surface area contributed by atoms with E-state index >= 15 is 0 Å². The van der Waals surface area contributed by atoms with Crippen molar-refractivity contribution in [3.63, 3.8) is 0 Å². The molecule has 1 aliphatic heterocycles. The molecule has 3 rings (SSSR count). The summed E-state index contributed by atoms with van der Waals surface area (Å²) in [5.41, 5.74) is 3.27. The molecule has 2 heterocycles. The van der Waals surface area contributed by atoms with Gasteiger partial charge in [-0.25, -0.2) is 9.78 Å². The summed E-state index contributed by atoms with van der Waals surface area (Å²) < 4.78 is 1.61. The Balaban J connectivity index is 1.92. The minimum absolute atomic E-state index is 0.0712. The number of nitrogens with zero attached hydrogens (tertiary/aromatic N) is 2. The van der Waals surface area contributed by atoms with Crippen LogP contribution in [-0.2, 0) is 12.8 Å². The van der Waals surface area contributed by atoms with Crippen molar-refractivity contribution in [1.82, 2.24) is 14.9 Å². The van der Waals surface area contributed by atoms with Gasteiger partial charge in [-0.2, -0.15) is 0 Å². The monoisotopic (exact) mass is 227 g/mol. The number of rotatable bonds is 2. The molecule has 1 aromatic carbocycles. The Bertz CT molecular complexity index is 545. The lowest BCUT2D eigenvalue weighted by molar-refractivity contribution is 0.239. The first-order chi connectivity index (χ1) is 8.34. The van der Waals surface area contributed by atoms with E-state index in [1.165, 1.54) is 5.56 Å². The van der Waals surface area contributed by atoms with Crippen LogP contribution in [0.5, 0.6) is 0 Å². The van der Waals surface area contributed by atoms with E-state index in [1.54, 1.807) is 10.9 Å². The molecule has 0 saturated heterocycles. The van der Waals surface area contributed by atoms with Gasteiger partial charge in [0.05, 0.1) is 11.4 Å². The number of imidazole rings is 1. The van der Waals surface area contributed by atoms with Crippen LogP contribution in [0.3, 0.4) is 0 Å². The summed E-state index contributed by atoms with van der Waals surface area (Å²) in [5, 5.41) is 2.80. The zero-order chi connectivity index (χ0) is 11.7. The normalized spacial score (nSPS) is 14.2. The van der Waals surface area contributed by atoms with E-state index in [2.05, 4.69) is 22.4 Å². The number of hydrogen-bond acceptors (Lipinski definition) is 2. The molecule has 0 unspecified atom stereocenters. The summed E-state index contributed by atoms with van der Waals surface area (Å²) in [5.74, 6) is 0. The fourth-order valence-electron chi connectivity index (χ4n) is 2.16. The van der Waals surface area contributed by atoms with Gasteiger partial charge in [0.1, 0.15) is 6.33 Å². The minimum Gasteiger partial charge on any atom is -0.337 e. The molecule has 1 N–H and O–H groups in total. The maximum absolute atomic E-state index is 11.6. The first-order valence-electron chi connectivity index (χ1n) is 5.72. The molecule has 0 atom stereocenters. The van der Waals surface area contributed by atoms with Crippen molar-refractivity contribution in [1.29, 1.82) is 0 Å². The van der Waals surface area contributed by atoms with Crippen LogP contribution in [0.2, 0.25) is 0 Å². The maximum Gasteiger partial charge on any atom is 0.327 e. The summed E-state index contributed by atoms with van der Waals surface area (Å²) >= 11 is 0. The van der Waals surface area contributed by atoms with Crippen LogP contribution < -0.4 is 5.32 Å². The Morgan fingerprint density at radius 3 is 2.94 bits per heavy atom. The van der Waals surface area contributed by atoms with Gasteiger partial charge in [-0.3, -0.25) is 4.57 Å². The van der Waals surface area contributed by atoms with Crippen molar-refractivity contribution in [2.45, 2.75) is 12.8 Å². The molecule has 1 aliphatic rings. The molecule has 2 aromatic rings. The molecule has 0 aliphatic carbocycles. The van der Waals surface area contributed by atoms with E-state index in [-0.39, 0.29) is 6.03 Å². The van der Waals surface area contributed by atoms with Crippen LogP contribution in [0.15, 0.2) is 36.7 Å². The van der Waals surface area contributed by atoms with Crippen molar-refractivity contribution < 1.29 is 4.79 Å². The smallest absolute Gasteiger partial charge is 0.327 e. The summed E-state index contributed by atoms with van der Waals surface area (Å²) in [4.78, 5) is 15.9. The minimum atomic E-state index is -0.0712. The van der Waals surface area contributed by atoms with Gasteiger partial charge >= 0.3 is 6.03 Å². The second-order valence-electron chi connectivity index (χ2n) is 4.15. The number of aromatic nitrogens is 2. The van der Waals surface area contributed by atoms with E-state index in [4.69, 9.17) is 0 Å². The first-order valence-corrected chi connectivity index (χ1v) is 5.72. The van der Waals surface area contributed by atoms with Crippen molar-refractivity contribution in [3.05, 3.63) is 53.6 Å². The zero-order valence-corrected chi connectivity index (χ0v) is 9.39. The number of carbonyl (C=O) groups is 1. The standard InChI is InChI=1S/C13H13N3O/c17-13-14-7-6-12-11(15-9-16(12)13)8-10-4-2-1-3-5-10/h1-5,9H,6-8H2,(H,14,17). The summed E-state index contributed by atoms with van der Waals surface area (Å²) in [6.45, 7) is 0.701. The van der Waals surface area contributed by atoms with Gasteiger partial charge in [-0.15, -0.1) is 0 Å². The van der Waals surface area contributed by atoms with E-state index in [0.29, 0.717) is 6.54 Å². The quantitative estimate of drug-likeness (QED) is 0.846. The average Bonchev–Trinajstić information content (AvgIpc) is 2.76. The highest BCUT2D eigenvalue weighted by Gasteiger charge is 2.19. The third-order valence-corrected chi connectivity index (χ3v) is 3.02. The van der Waals surface area contributed by atoms with Crippen LogP contribution >= 0.6 is 0 Å². The fraction of sp³-hybridized carbons (Fsp3) is 0.231. The topological polar surface area (TPSA) is 46.9 Å². The average molecular weight is 227 g/mol. The van der Waals surface area contributed by atoms with Crippen molar-refractivity contribution in [2.24, 2.45) is 0 Å². The lowest BCUT2D eigenvalue weighted by Crippen LogP contribution is -2.36. The second kappa shape index (κ2) is 4.05. The number of amides is 1. The zero-order valence-electron chi connectivity index (χ0n) is 9.39. The van der Waals surface area contributed by atoms with Gasteiger partial charge in [0, 0.05) is 19.4 Å². The van der Waals surface area contributed by atoms with Crippen LogP contribution in [0.25, 0.3) is 0 Å². The molecule has 17 heavy (non-hydrogen) atoms. The van der Waals surface area contributed by atoms with Gasteiger partial charge in [-0.05, 0) is 5.56 Å². The van der Waals surface area contributed by atoms with Gasteiger partial charge in [0.25, 0.3) is 0 Å². The second-order valence-corrected chi connectivity index (χ2v) is 4.15. The van der Waals surface area contributed by atoms with Gasteiger partial charge < -0.3 is 5.32 Å². The number of carbonyl (C=O) groups excluding carboxylic acids is 1. The van der Waals surface area contributed by atoms with E-state index in [9.17, 15) is 4.79 Å². The molecule has 0 spiro atoms. The predicted octanol–water partition coefficient (Wildman–Crippen LogP) is 1.59. The Morgan fingerprint density at radius 2 is 2.12 bits per heavy atom. The Hall–Kier alpha value is -2.10. The lowest BCUT2D eigenvalue weighted by atomic mass is 10.1.